The standard InChI is InChI=1S/C83H89N7O14/c1-7-11-64(82(95)87(33-10-9-13-56-44-97-56)34-30-84-41-57-45-98-57)89-78(91)60-37-66(101-52-22-14-48(3)15-23-52)72-74-68(103-54-26-18-50(5)19-27-54)39-62-71-63(81(94)90(80(62)93)65(12-8-2)83(96)88(35-31-85-42-58-46-99-58)36-32-86-43-59-47-100-59)40-69(104-55-28-20-51(6)21-29-55)75(77(71)74)73-67(102-53-24-16-49(4)17-25-53)38-61(79(89)92)70(60)76(72)73/h14-29,37-40,56-59,64-65,84-86H,7-13,30-36,41-47H2,1-6H3. The van der Waals surface area contributed by atoms with E-state index in [0.29, 0.717) is 147 Å². The topological polar surface area (TPSA) is 239 Å². The highest BCUT2D eigenvalue weighted by atomic mass is 16.6. The van der Waals surface area contributed by atoms with E-state index >= 15 is 28.8 Å². The van der Waals surface area contributed by atoms with Crippen molar-refractivity contribution >= 4 is 78.5 Å². The number of nitrogens with zero attached hydrogens (tertiary/aromatic N) is 4. The number of benzene rings is 9. The van der Waals surface area contributed by atoms with Gasteiger partial charge in [0.15, 0.2) is 0 Å². The lowest BCUT2D eigenvalue weighted by molar-refractivity contribution is -0.136. The highest BCUT2D eigenvalue weighted by molar-refractivity contribution is 6.45. The van der Waals surface area contributed by atoms with E-state index in [1.807, 2.05) is 139 Å². The van der Waals surface area contributed by atoms with Crippen LogP contribution in [0.5, 0.6) is 46.0 Å². The van der Waals surface area contributed by atoms with Gasteiger partial charge in [0, 0.05) is 109 Å². The smallest absolute Gasteiger partial charge is 0.262 e. The van der Waals surface area contributed by atoms with Crippen molar-refractivity contribution in [3.63, 3.8) is 0 Å². The second kappa shape index (κ2) is 30.2. The molecule has 0 spiro atoms. The average Bonchev–Trinajstić information content (AvgIpc) is 0.753. The Kier molecular flexibility index (Phi) is 20.4. The molecule has 4 saturated heterocycles. The SMILES string of the molecule is CCCC(C(=O)N(CCCCC1CO1)CCNCC1CO1)N1C(=O)c2cc(Oc3ccc(C)cc3)c3c4c(Oc5ccc(C)cc5)cc5c6c(cc(Oc7ccc(C)cc7)c(c7c(Oc8ccc(C)cc8)cc(c2c37)C1=O)c64)C(=O)N(C(CCC)C(=O)N(CCNCC1CO1)CCNCC1CO1)C5=O. The Balaban J connectivity index is 0.983. The monoisotopic (exact) mass is 1410 g/mol. The molecule has 9 aromatic carbocycles. The van der Waals surface area contributed by atoms with Crippen molar-refractivity contribution in [2.24, 2.45) is 0 Å². The summed E-state index contributed by atoms with van der Waals surface area (Å²) in [5, 5.41) is 12.9. The predicted octanol–water partition coefficient (Wildman–Crippen LogP) is 12.9. The molecule has 0 aromatic heterocycles. The minimum atomic E-state index is -1.25. The zero-order chi connectivity index (χ0) is 71.9. The number of carbonyl (C=O) groups excluding carboxylic acids is 6. The van der Waals surface area contributed by atoms with Crippen molar-refractivity contribution < 1.29 is 66.7 Å². The highest BCUT2D eigenvalue weighted by Gasteiger charge is 2.47. The fraction of sp³-hybridized carbons (Fsp3) is 0.398. The molecule has 15 rings (SSSR count). The third kappa shape index (κ3) is 14.8. The van der Waals surface area contributed by atoms with Gasteiger partial charge in [-0.2, -0.15) is 0 Å². The maximum absolute atomic E-state index is 16.5. The van der Waals surface area contributed by atoms with Crippen LogP contribution in [0, 0.1) is 27.7 Å². The van der Waals surface area contributed by atoms with E-state index in [1.54, 1.807) is 34.1 Å². The first kappa shape index (κ1) is 70.1. The number of imide groups is 2. The van der Waals surface area contributed by atoms with Gasteiger partial charge in [0.1, 0.15) is 58.1 Å². The Bertz CT molecular complexity index is 4180. The van der Waals surface area contributed by atoms with Gasteiger partial charge in [-0.05, 0) is 133 Å². The van der Waals surface area contributed by atoms with Crippen molar-refractivity contribution in [3.8, 4) is 46.0 Å². The van der Waals surface area contributed by atoms with Crippen LogP contribution in [0.25, 0.3) is 43.1 Å². The Hall–Kier alpha value is -9.58. The number of carbonyl (C=O) groups is 6. The maximum atomic E-state index is 16.5. The molecule has 21 nitrogen and oxygen atoms in total. The Morgan fingerprint density at radius 2 is 0.683 bits per heavy atom. The lowest BCUT2D eigenvalue weighted by atomic mass is 9.80. The second-order valence-corrected chi connectivity index (χ2v) is 28.5. The Labute approximate surface area is 604 Å². The highest BCUT2D eigenvalue weighted by Crippen LogP contribution is 2.58. The van der Waals surface area contributed by atoms with Crippen LogP contribution in [0.2, 0.25) is 0 Å². The minimum absolute atomic E-state index is 0.0728. The molecule has 4 fully saturated rings. The predicted molar refractivity (Wildman–Crippen MR) is 396 cm³/mol. The summed E-state index contributed by atoms with van der Waals surface area (Å²) < 4.78 is 51.1. The first-order valence-corrected chi connectivity index (χ1v) is 36.9. The first-order chi connectivity index (χ1) is 50.6. The van der Waals surface area contributed by atoms with Gasteiger partial charge < -0.3 is 63.6 Å². The van der Waals surface area contributed by atoms with E-state index in [2.05, 4.69) is 16.0 Å². The molecule has 540 valence electrons. The van der Waals surface area contributed by atoms with Crippen molar-refractivity contribution in [1.29, 1.82) is 0 Å². The van der Waals surface area contributed by atoms with E-state index in [9.17, 15) is 0 Å². The molecule has 3 N–H and O–H groups in total. The number of hydrogen-bond acceptors (Lipinski definition) is 17. The second-order valence-electron chi connectivity index (χ2n) is 28.5. The lowest BCUT2D eigenvalue weighted by Crippen LogP contribution is -2.56. The lowest BCUT2D eigenvalue weighted by Gasteiger charge is -2.37. The fourth-order valence-electron chi connectivity index (χ4n) is 14.6. The number of amides is 6. The minimum Gasteiger partial charge on any atom is -0.457 e. The summed E-state index contributed by atoms with van der Waals surface area (Å²) in [7, 11) is 0. The summed E-state index contributed by atoms with van der Waals surface area (Å²) in [4.78, 5) is 103. The van der Waals surface area contributed by atoms with Crippen molar-refractivity contribution in [3.05, 3.63) is 166 Å². The molecule has 6 aliphatic rings. The van der Waals surface area contributed by atoms with Crippen LogP contribution >= 0.6 is 0 Å². The van der Waals surface area contributed by atoms with Gasteiger partial charge in [0.25, 0.3) is 23.6 Å². The van der Waals surface area contributed by atoms with E-state index in [4.69, 9.17) is 37.9 Å². The van der Waals surface area contributed by atoms with Crippen LogP contribution in [0.1, 0.15) is 122 Å². The zero-order valence-corrected chi connectivity index (χ0v) is 59.9. The van der Waals surface area contributed by atoms with Crippen LogP contribution in [-0.2, 0) is 28.5 Å². The van der Waals surface area contributed by atoms with Crippen LogP contribution < -0.4 is 34.9 Å². The van der Waals surface area contributed by atoms with Crippen LogP contribution in [-0.4, -0.2) is 183 Å². The van der Waals surface area contributed by atoms with Gasteiger partial charge in [-0.25, -0.2) is 0 Å². The number of rotatable bonds is 36. The summed E-state index contributed by atoms with van der Waals surface area (Å²) >= 11 is 0. The Morgan fingerprint density at radius 3 is 0.952 bits per heavy atom. The zero-order valence-electron chi connectivity index (χ0n) is 59.9. The third-order valence-electron chi connectivity index (χ3n) is 20.5. The molecule has 6 heterocycles. The largest absolute Gasteiger partial charge is 0.457 e. The molecule has 6 atom stereocenters. The number of epoxide rings is 4. The number of nitrogens with one attached hydrogen (secondary N) is 3. The number of fused-ring (bicyclic) bond motifs is 2. The Morgan fingerprint density at radius 1 is 0.404 bits per heavy atom. The van der Waals surface area contributed by atoms with Crippen molar-refractivity contribution in [2.75, 3.05) is 91.9 Å². The molecular weight excluding hydrogens is 1320 g/mol. The molecule has 6 aliphatic heterocycles. The molecule has 0 saturated carbocycles. The molecular formula is C83H89N7O14. The van der Waals surface area contributed by atoms with Gasteiger partial charge in [-0.3, -0.25) is 38.6 Å². The van der Waals surface area contributed by atoms with Crippen LogP contribution in [0.15, 0.2) is 121 Å². The van der Waals surface area contributed by atoms with E-state index in [1.165, 1.54) is 0 Å². The summed E-state index contributed by atoms with van der Waals surface area (Å²) in [5.74, 6) is -1.42. The molecule has 21 heteroatoms. The molecule has 6 unspecified atom stereocenters. The van der Waals surface area contributed by atoms with Crippen molar-refractivity contribution in [2.45, 2.75) is 123 Å². The molecule has 0 radical (unpaired) electrons. The summed E-state index contributed by atoms with van der Waals surface area (Å²) in [6.45, 7) is 19.0. The normalized spacial score (nSPS) is 18.4. The van der Waals surface area contributed by atoms with Gasteiger partial charge in [-0.15, -0.1) is 0 Å². The van der Waals surface area contributed by atoms with Crippen molar-refractivity contribution in [1.82, 2.24) is 35.6 Å². The molecule has 6 amide bonds. The third-order valence-corrected chi connectivity index (χ3v) is 20.5. The van der Waals surface area contributed by atoms with E-state index < -0.39 is 35.7 Å². The number of aryl methyl sites for hydroxylation is 4. The number of hydrogen-bond donors (Lipinski definition) is 3. The number of unbranched alkanes of at least 4 members (excludes halogenated alkanes) is 1. The van der Waals surface area contributed by atoms with Gasteiger partial charge >= 0.3 is 0 Å². The van der Waals surface area contributed by atoms with Crippen LogP contribution in [0.3, 0.4) is 0 Å². The van der Waals surface area contributed by atoms with E-state index in [-0.39, 0.29) is 118 Å². The average molecular weight is 1410 g/mol. The molecule has 0 aliphatic carbocycles. The quantitative estimate of drug-likeness (QED) is 0.0109. The summed E-state index contributed by atoms with van der Waals surface area (Å²) in [6.07, 6.45) is 4.17. The van der Waals surface area contributed by atoms with Gasteiger partial charge in [0.2, 0.25) is 11.8 Å². The van der Waals surface area contributed by atoms with Gasteiger partial charge in [0.05, 0.1) is 73.1 Å². The van der Waals surface area contributed by atoms with E-state index in [0.717, 1.165) is 51.5 Å². The number of ether oxygens (including phenoxy) is 8. The van der Waals surface area contributed by atoms with Gasteiger partial charge in [-0.1, -0.05) is 97.5 Å². The molecule has 9 aromatic rings. The molecule has 0 bridgehead atoms. The summed E-state index contributed by atoms with van der Waals surface area (Å²) in [6, 6.07) is 34.1. The summed E-state index contributed by atoms with van der Waals surface area (Å²) in [5.41, 5.74) is 4.15. The van der Waals surface area contributed by atoms with Crippen LogP contribution in [0.4, 0.5) is 0 Å². The first-order valence-electron chi connectivity index (χ1n) is 36.9. The molecule has 104 heavy (non-hydrogen) atoms. The fourth-order valence-corrected chi connectivity index (χ4v) is 14.6. The maximum Gasteiger partial charge on any atom is 0.262 e.